The number of halogens is 1. The van der Waals surface area contributed by atoms with E-state index in [1.54, 1.807) is 0 Å². The zero-order chi connectivity index (χ0) is 13.2. The summed E-state index contributed by atoms with van der Waals surface area (Å²) in [7, 11) is -3.79. The van der Waals surface area contributed by atoms with Crippen LogP contribution in [0.4, 0.5) is 4.39 Å². The fourth-order valence-corrected chi connectivity index (χ4v) is 2.88. The van der Waals surface area contributed by atoms with E-state index < -0.39 is 21.4 Å². The van der Waals surface area contributed by atoms with E-state index >= 15 is 0 Å². The van der Waals surface area contributed by atoms with Gasteiger partial charge in [-0.05, 0) is 24.3 Å². The van der Waals surface area contributed by atoms with E-state index in [-0.39, 0.29) is 23.0 Å². The molecule has 0 aliphatic rings. The van der Waals surface area contributed by atoms with Crippen LogP contribution in [0.3, 0.4) is 0 Å². The number of furan rings is 1. The number of rotatable bonds is 4. The van der Waals surface area contributed by atoms with E-state index in [4.69, 9.17) is 9.52 Å². The number of sulfone groups is 1. The standard InChI is InChI=1S/C12H11FO4S/c13-11-3-1-2-4-12(11)18(15,16)8-10-6-5-9(7-14)17-10/h1-6,14H,7-8H2. The molecule has 0 atom stereocenters. The largest absolute Gasteiger partial charge is 0.463 e. The molecule has 1 aromatic carbocycles. The second kappa shape index (κ2) is 4.91. The molecule has 0 saturated carbocycles. The smallest absolute Gasteiger partial charge is 0.188 e. The van der Waals surface area contributed by atoms with Gasteiger partial charge in [0.1, 0.15) is 34.6 Å². The van der Waals surface area contributed by atoms with Gasteiger partial charge in [0.25, 0.3) is 0 Å². The van der Waals surface area contributed by atoms with Crippen LogP contribution in [0, 0.1) is 5.82 Å². The average molecular weight is 270 g/mol. The first-order valence-electron chi connectivity index (χ1n) is 5.18. The maximum Gasteiger partial charge on any atom is 0.188 e. The zero-order valence-corrected chi connectivity index (χ0v) is 10.2. The fraction of sp³-hybridized carbons (Fsp3) is 0.167. The first-order valence-corrected chi connectivity index (χ1v) is 6.84. The summed E-state index contributed by atoms with van der Waals surface area (Å²) in [6.45, 7) is -0.306. The van der Waals surface area contributed by atoms with Gasteiger partial charge in [-0.25, -0.2) is 12.8 Å². The Morgan fingerprint density at radius 1 is 1.11 bits per heavy atom. The van der Waals surface area contributed by atoms with Crippen molar-refractivity contribution in [3.63, 3.8) is 0 Å². The van der Waals surface area contributed by atoms with Crippen LogP contribution in [0.15, 0.2) is 45.7 Å². The molecular formula is C12H11FO4S. The highest BCUT2D eigenvalue weighted by atomic mass is 32.2. The van der Waals surface area contributed by atoms with Gasteiger partial charge in [0.2, 0.25) is 0 Å². The number of hydrogen-bond donors (Lipinski definition) is 1. The molecule has 0 bridgehead atoms. The van der Waals surface area contributed by atoms with Gasteiger partial charge in [0.15, 0.2) is 9.84 Å². The summed E-state index contributed by atoms with van der Waals surface area (Å²) in [6, 6.07) is 8.10. The molecule has 1 N–H and O–H groups in total. The fourth-order valence-electron chi connectivity index (χ4n) is 1.55. The number of hydrogen-bond acceptors (Lipinski definition) is 4. The molecular weight excluding hydrogens is 259 g/mol. The summed E-state index contributed by atoms with van der Waals surface area (Å²) in [4.78, 5) is -0.355. The molecule has 0 unspecified atom stereocenters. The molecule has 0 aliphatic carbocycles. The van der Waals surface area contributed by atoms with Gasteiger partial charge in [-0.3, -0.25) is 0 Å². The molecule has 0 amide bonds. The third kappa shape index (κ3) is 2.60. The normalized spacial score (nSPS) is 11.7. The van der Waals surface area contributed by atoms with Gasteiger partial charge in [-0.2, -0.15) is 0 Å². The van der Waals surface area contributed by atoms with Crippen LogP contribution >= 0.6 is 0 Å². The SMILES string of the molecule is O=S(=O)(Cc1ccc(CO)o1)c1ccccc1F. The van der Waals surface area contributed by atoms with Crippen LogP contribution in [0.1, 0.15) is 11.5 Å². The Balaban J connectivity index is 2.30. The first kappa shape index (κ1) is 12.8. The lowest BCUT2D eigenvalue weighted by Crippen LogP contribution is -2.06. The van der Waals surface area contributed by atoms with Gasteiger partial charge < -0.3 is 9.52 Å². The van der Waals surface area contributed by atoms with E-state index in [1.165, 1.54) is 30.3 Å². The van der Waals surface area contributed by atoms with E-state index in [0.29, 0.717) is 0 Å². The highest BCUT2D eigenvalue weighted by molar-refractivity contribution is 7.90. The van der Waals surface area contributed by atoms with Crippen LogP contribution in [-0.2, 0) is 22.2 Å². The van der Waals surface area contributed by atoms with E-state index in [9.17, 15) is 12.8 Å². The summed E-state index contributed by atoms with van der Waals surface area (Å²) < 4.78 is 42.4. The maximum atomic E-state index is 13.4. The van der Waals surface area contributed by atoms with Crippen molar-refractivity contribution in [2.24, 2.45) is 0 Å². The highest BCUT2D eigenvalue weighted by Gasteiger charge is 2.21. The lowest BCUT2D eigenvalue weighted by molar-refractivity contribution is 0.244. The molecule has 0 spiro atoms. The average Bonchev–Trinajstić information content (AvgIpc) is 2.76. The molecule has 0 saturated heterocycles. The second-order valence-electron chi connectivity index (χ2n) is 3.72. The van der Waals surface area contributed by atoms with Gasteiger partial charge >= 0.3 is 0 Å². The van der Waals surface area contributed by atoms with E-state index in [2.05, 4.69) is 0 Å². The summed E-state index contributed by atoms with van der Waals surface area (Å²) >= 11 is 0. The van der Waals surface area contributed by atoms with Crippen molar-refractivity contribution >= 4 is 9.84 Å². The van der Waals surface area contributed by atoms with E-state index in [1.807, 2.05) is 0 Å². The number of aliphatic hydroxyl groups excluding tert-OH is 1. The van der Waals surface area contributed by atoms with Crippen LogP contribution in [0.25, 0.3) is 0 Å². The molecule has 6 heteroatoms. The Morgan fingerprint density at radius 3 is 2.39 bits per heavy atom. The third-order valence-corrected chi connectivity index (χ3v) is 4.04. The molecule has 4 nitrogen and oxygen atoms in total. The Labute approximate surface area is 104 Å². The molecule has 0 radical (unpaired) electrons. The third-order valence-electron chi connectivity index (χ3n) is 2.38. The Kier molecular flexibility index (Phi) is 3.49. The lowest BCUT2D eigenvalue weighted by atomic mass is 10.3. The van der Waals surface area contributed by atoms with Crippen molar-refractivity contribution < 1.29 is 22.3 Å². The zero-order valence-electron chi connectivity index (χ0n) is 9.34. The minimum absolute atomic E-state index is 0.169. The highest BCUT2D eigenvalue weighted by Crippen LogP contribution is 2.20. The molecule has 2 rings (SSSR count). The first-order chi connectivity index (χ1) is 8.53. The van der Waals surface area contributed by atoms with Crippen molar-refractivity contribution in [1.82, 2.24) is 0 Å². The van der Waals surface area contributed by atoms with Gasteiger partial charge in [-0.15, -0.1) is 0 Å². The predicted octanol–water partition coefficient (Wildman–Crippen LogP) is 1.88. The van der Waals surface area contributed by atoms with Gasteiger partial charge in [0, 0.05) is 0 Å². The maximum absolute atomic E-state index is 13.4. The van der Waals surface area contributed by atoms with Gasteiger partial charge in [0.05, 0.1) is 0 Å². The monoisotopic (exact) mass is 270 g/mol. The van der Waals surface area contributed by atoms with Crippen LogP contribution in [0.2, 0.25) is 0 Å². The predicted molar refractivity (Wildman–Crippen MR) is 61.9 cm³/mol. The summed E-state index contributed by atoms with van der Waals surface area (Å²) in [5.41, 5.74) is 0. The summed E-state index contributed by atoms with van der Waals surface area (Å²) in [6.07, 6.45) is 0. The molecule has 1 aromatic heterocycles. The van der Waals surface area contributed by atoms with Crippen molar-refractivity contribution in [3.05, 3.63) is 53.7 Å². The molecule has 0 fully saturated rings. The summed E-state index contributed by atoms with van der Waals surface area (Å²) in [5.74, 6) is -0.782. The second-order valence-corrected chi connectivity index (χ2v) is 5.67. The minimum atomic E-state index is -3.79. The molecule has 96 valence electrons. The molecule has 18 heavy (non-hydrogen) atoms. The van der Waals surface area contributed by atoms with Crippen molar-refractivity contribution in [2.75, 3.05) is 0 Å². The van der Waals surface area contributed by atoms with Crippen molar-refractivity contribution in [1.29, 1.82) is 0 Å². The Bertz CT molecular complexity index is 646. The van der Waals surface area contributed by atoms with E-state index in [0.717, 1.165) is 6.07 Å². The Hall–Kier alpha value is -1.66. The quantitative estimate of drug-likeness (QED) is 0.921. The topological polar surface area (TPSA) is 67.5 Å². The van der Waals surface area contributed by atoms with Crippen LogP contribution in [0.5, 0.6) is 0 Å². The van der Waals surface area contributed by atoms with Gasteiger partial charge in [-0.1, -0.05) is 12.1 Å². The van der Waals surface area contributed by atoms with Crippen molar-refractivity contribution in [2.45, 2.75) is 17.3 Å². The van der Waals surface area contributed by atoms with Crippen LogP contribution < -0.4 is 0 Å². The number of benzene rings is 1. The molecule has 1 heterocycles. The minimum Gasteiger partial charge on any atom is -0.463 e. The lowest BCUT2D eigenvalue weighted by Gasteiger charge is -2.03. The summed E-state index contributed by atoms with van der Waals surface area (Å²) in [5, 5.41) is 8.81. The van der Waals surface area contributed by atoms with Crippen molar-refractivity contribution in [3.8, 4) is 0 Å². The molecule has 0 aliphatic heterocycles. The molecule has 2 aromatic rings. The number of aliphatic hydroxyl groups is 1. The Morgan fingerprint density at radius 2 is 1.78 bits per heavy atom. The van der Waals surface area contributed by atoms with Crippen LogP contribution in [-0.4, -0.2) is 13.5 Å².